The van der Waals surface area contributed by atoms with Crippen molar-refractivity contribution in [1.82, 2.24) is 9.80 Å². The Morgan fingerprint density at radius 2 is 1.75 bits per heavy atom. The molecule has 24 heavy (non-hydrogen) atoms. The Balaban J connectivity index is 0.000000254. The lowest BCUT2D eigenvalue weighted by atomic mass is 9.88. The smallest absolute Gasteiger partial charge is 0.411 e. The number of ether oxygens (including phenoxy) is 1. The van der Waals surface area contributed by atoms with Gasteiger partial charge in [-0.25, -0.2) is 9.59 Å². The molecule has 7 heteroatoms. The van der Waals surface area contributed by atoms with E-state index in [1.165, 1.54) is 0 Å². The van der Waals surface area contributed by atoms with Crippen LogP contribution in [0.1, 0.15) is 47.5 Å². The average molecular weight is 338 g/mol. The van der Waals surface area contributed by atoms with Crippen LogP contribution in [-0.2, 0) is 9.53 Å². The van der Waals surface area contributed by atoms with Gasteiger partial charge >= 0.3 is 12.2 Å². The van der Waals surface area contributed by atoms with Gasteiger partial charge < -0.3 is 14.6 Å². The van der Waals surface area contributed by atoms with E-state index in [0.29, 0.717) is 25.8 Å². The molecule has 1 N–H and O–H groups in total. The molecule has 2 saturated heterocycles. The third-order valence-corrected chi connectivity index (χ3v) is 4.29. The Bertz CT molecular complexity index is 562. The summed E-state index contributed by atoms with van der Waals surface area (Å²) in [5, 5.41) is 8.47. The second-order valence-electron chi connectivity index (χ2n) is 7.46. The van der Waals surface area contributed by atoms with Crippen LogP contribution in [0, 0.1) is 12.3 Å². The number of terminal acetylenes is 1. The normalized spacial score (nSPS) is 28.3. The number of aldehydes is 1. The number of carbonyl (C=O) groups is 3. The summed E-state index contributed by atoms with van der Waals surface area (Å²) in [7, 11) is 0. The van der Waals surface area contributed by atoms with Crippen molar-refractivity contribution in [2.75, 3.05) is 13.1 Å². The van der Waals surface area contributed by atoms with Crippen LogP contribution in [0.15, 0.2) is 0 Å². The van der Waals surface area contributed by atoms with Gasteiger partial charge in [0.1, 0.15) is 23.0 Å². The Morgan fingerprint density at radius 3 is 1.96 bits per heavy atom. The third-order valence-electron chi connectivity index (χ3n) is 4.29. The first-order valence-corrected chi connectivity index (χ1v) is 7.84. The van der Waals surface area contributed by atoms with Gasteiger partial charge in [0.25, 0.3) is 0 Å². The number of nitrogens with zero attached hydrogens (tertiary/aromatic N) is 2. The van der Waals surface area contributed by atoms with E-state index in [2.05, 4.69) is 5.92 Å². The second kappa shape index (κ2) is 6.71. The monoisotopic (exact) mass is 338 g/mol. The summed E-state index contributed by atoms with van der Waals surface area (Å²) < 4.78 is 5.23. The quantitative estimate of drug-likeness (QED) is 0.586. The summed E-state index contributed by atoms with van der Waals surface area (Å²) in [6, 6.07) is 0. The SMILES string of the molecule is C#CC1(C)CCN1C(=O)OC(C)(C)C.CC1(C=O)CCN1C(=O)O. The topological polar surface area (TPSA) is 87.2 Å². The molecular weight excluding hydrogens is 312 g/mol. The zero-order chi connectivity index (χ0) is 18.8. The number of amides is 2. The molecule has 2 amide bonds. The van der Waals surface area contributed by atoms with Crippen LogP contribution in [0.3, 0.4) is 0 Å². The molecule has 2 unspecified atom stereocenters. The van der Waals surface area contributed by atoms with Gasteiger partial charge in [0, 0.05) is 13.1 Å². The van der Waals surface area contributed by atoms with Crippen LogP contribution in [0.25, 0.3) is 0 Å². The van der Waals surface area contributed by atoms with E-state index in [1.807, 2.05) is 27.7 Å². The molecule has 0 aromatic carbocycles. The van der Waals surface area contributed by atoms with Gasteiger partial charge in [-0.05, 0) is 47.5 Å². The van der Waals surface area contributed by atoms with E-state index in [9.17, 15) is 14.4 Å². The summed E-state index contributed by atoms with van der Waals surface area (Å²) in [6.07, 6.45) is 6.21. The number of hydrogen-bond acceptors (Lipinski definition) is 4. The molecule has 2 aliphatic rings. The Labute approximate surface area is 142 Å². The van der Waals surface area contributed by atoms with Crippen molar-refractivity contribution in [3.05, 3.63) is 0 Å². The van der Waals surface area contributed by atoms with Crippen LogP contribution in [0.2, 0.25) is 0 Å². The fourth-order valence-corrected chi connectivity index (χ4v) is 2.33. The molecule has 2 aliphatic heterocycles. The van der Waals surface area contributed by atoms with E-state index in [4.69, 9.17) is 16.3 Å². The number of hydrogen-bond donors (Lipinski definition) is 1. The second-order valence-corrected chi connectivity index (χ2v) is 7.46. The molecule has 0 aliphatic carbocycles. The maximum atomic E-state index is 11.6. The summed E-state index contributed by atoms with van der Waals surface area (Å²) >= 11 is 0. The standard InChI is InChI=1S/C11H17NO2.C6H9NO3/c1-6-11(5)7-8-12(11)9(13)14-10(2,3)4;1-6(4-8)2-3-7(6)5(9)10/h1H,7-8H2,2-5H3;4H,2-3H2,1H3,(H,9,10). The van der Waals surface area contributed by atoms with Gasteiger partial charge in [-0.2, -0.15) is 0 Å². The highest BCUT2D eigenvalue weighted by Crippen LogP contribution is 2.31. The van der Waals surface area contributed by atoms with E-state index < -0.39 is 22.8 Å². The first kappa shape index (κ1) is 19.8. The molecule has 2 fully saturated rings. The molecule has 2 atom stereocenters. The molecule has 0 aromatic rings. The first-order chi connectivity index (χ1) is 10.9. The van der Waals surface area contributed by atoms with Crippen LogP contribution >= 0.6 is 0 Å². The van der Waals surface area contributed by atoms with Crippen molar-refractivity contribution in [2.24, 2.45) is 0 Å². The van der Waals surface area contributed by atoms with Crippen molar-refractivity contribution in [3.8, 4) is 12.3 Å². The van der Waals surface area contributed by atoms with E-state index in [0.717, 1.165) is 11.3 Å². The van der Waals surface area contributed by atoms with Gasteiger partial charge in [0.05, 0.1) is 0 Å². The summed E-state index contributed by atoms with van der Waals surface area (Å²) in [4.78, 5) is 35.0. The predicted molar refractivity (Wildman–Crippen MR) is 88.6 cm³/mol. The number of carbonyl (C=O) groups excluding carboxylic acids is 2. The average Bonchev–Trinajstić information content (AvgIpc) is 2.41. The van der Waals surface area contributed by atoms with Crippen molar-refractivity contribution in [2.45, 2.75) is 64.1 Å². The molecule has 7 nitrogen and oxygen atoms in total. The van der Waals surface area contributed by atoms with Gasteiger partial charge in [0.2, 0.25) is 0 Å². The van der Waals surface area contributed by atoms with E-state index >= 15 is 0 Å². The lowest BCUT2D eigenvalue weighted by Crippen LogP contribution is -2.60. The fraction of sp³-hybridized carbons (Fsp3) is 0.706. The first-order valence-electron chi connectivity index (χ1n) is 7.84. The molecule has 2 heterocycles. The minimum absolute atomic E-state index is 0.316. The van der Waals surface area contributed by atoms with Crippen molar-refractivity contribution >= 4 is 18.5 Å². The number of likely N-dealkylation sites (tertiary alicyclic amines) is 2. The fourth-order valence-electron chi connectivity index (χ4n) is 2.33. The third kappa shape index (κ3) is 4.19. The highest BCUT2D eigenvalue weighted by Gasteiger charge is 2.44. The van der Waals surface area contributed by atoms with E-state index in [1.54, 1.807) is 11.8 Å². The summed E-state index contributed by atoms with van der Waals surface area (Å²) in [5.74, 6) is 2.62. The molecule has 0 spiro atoms. The van der Waals surface area contributed by atoms with Crippen LogP contribution in [0.4, 0.5) is 9.59 Å². The van der Waals surface area contributed by atoms with Crippen molar-refractivity contribution in [3.63, 3.8) is 0 Å². The predicted octanol–water partition coefficient (Wildman–Crippen LogP) is 2.35. The summed E-state index contributed by atoms with van der Waals surface area (Å²) in [6.45, 7) is 10.2. The van der Waals surface area contributed by atoms with Crippen molar-refractivity contribution < 1.29 is 24.2 Å². The van der Waals surface area contributed by atoms with Crippen LogP contribution in [-0.4, -0.2) is 63.1 Å². The largest absolute Gasteiger partial charge is 0.465 e. The van der Waals surface area contributed by atoms with Gasteiger partial charge in [-0.15, -0.1) is 6.42 Å². The molecule has 0 aromatic heterocycles. The molecule has 0 radical (unpaired) electrons. The molecular formula is C17H26N2O5. The number of carboxylic acid groups (broad SMARTS) is 1. The Morgan fingerprint density at radius 1 is 1.21 bits per heavy atom. The molecule has 2 rings (SSSR count). The van der Waals surface area contributed by atoms with Gasteiger partial charge in [0.15, 0.2) is 0 Å². The highest BCUT2D eigenvalue weighted by molar-refractivity contribution is 5.77. The molecule has 0 saturated carbocycles. The lowest BCUT2D eigenvalue weighted by Gasteiger charge is -2.46. The maximum Gasteiger partial charge on any atom is 0.411 e. The minimum Gasteiger partial charge on any atom is -0.465 e. The Kier molecular flexibility index (Phi) is 5.54. The van der Waals surface area contributed by atoms with E-state index in [-0.39, 0.29) is 6.09 Å². The molecule has 0 bridgehead atoms. The summed E-state index contributed by atoms with van der Waals surface area (Å²) in [5.41, 5.74) is -1.64. The molecule has 134 valence electrons. The Hall–Kier alpha value is -2.23. The highest BCUT2D eigenvalue weighted by atomic mass is 16.6. The van der Waals surface area contributed by atoms with Gasteiger partial charge in [-0.1, -0.05) is 5.92 Å². The van der Waals surface area contributed by atoms with Crippen LogP contribution < -0.4 is 0 Å². The zero-order valence-corrected chi connectivity index (χ0v) is 15.0. The van der Waals surface area contributed by atoms with Crippen molar-refractivity contribution in [1.29, 1.82) is 0 Å². The number of rotatable bonds is 1. The minimum atomic E-state index is -1.01. The van der Waals surface area contributed by atoms with Crippen LogP contribution in [0.5, 0.6) is 0 Å². The maximum absolute atomic E-state index is 11.6. The zero-order valence-electron chi connectivity index (χ0n) is 15.0. The lowest BCUT2D eigenvalue weighted by molar-refractivity contribution is -0.122. The van der Waals surface area contributed by atoms with Gasteiger partial charge in [-0.3, -0.25) is 9.80 Å².